The lowest BCUT2D eigenvalue weighted by Gasteiger charge is -2.37. The third-order valence-corrected chi connectivity index (χ3v) is 6.31. The normalized spacial score (nSPS) is 35.1. The molecule has 1 aromatic rings. The van der Waals surface area contributed by atoms with Crippen LogP contribution in [-0.4, -0.2) is 22.7 Å². The van der Waals surface area contributed by atoms with Gasteiger partial charge in [-0.1, -0.05) is 12.2 Å². The van der Waals surface area contributed by atoms with E-state index in [-0.39, 0.29) is 46.9 Å². The number of rotatable bonds is 3. The van der Waals surface area contributed by atoms with Gasteiger partial charge in [-0.25, -0.2) is 4.90 Å². The number of nitrogens with zero attached hydrogens (tertiary/aromatic N) is 2. The molecule has 2 bridgehead atoms. The topological polar surface area (TPSA) is 107 Å². The van der Waals surface area contributed by atoms with Crippen LogP contribution < -0.4 is 9.64 Å². The molecule has 0 unspecified atom stereocenters. The highest BCUT2D eigenvalue weighted by Gasteiger charge is 2.67. The maximum atomic E-state index is 13.1. The van der Waals surface area contributed by atoms with Crippen molar-refractivity contribution in [2.24, 2.45) is 35.5 Å². The third kappa shape index (κ3) is 2.12. The van der Waals surface area contributed by atoms with E-state index in [0.29, 0.717) is 11.8 Å². The molecule has 27 heavy (non-hydrogen) atoms. The van der Waals surface area contributed by atoms with Crippen molar-refractivity contribution in [1.29, 1.82) is 0 Å². The molecule has 1 aromatic carbocycles. The zero-order valence-corrected chi connectivity index (χ0v) is 14.4. The maximum Gasteiger partial charge on any atom is 0.313 e. The fourth-order valence-corrected chi connectivity index (χ4v) is 5.24. The first-order chi connectivity index (χ1) is 12.9. The number of esters is 1. The van der Waals surface area contributed by atoms with E-state index in [1.807, 2.05) is 0 Å². The van der Waals surface area contributed by atoms with E-state index in [1.165, 1.54) is 12.1 Å². The fraction of sp³-hybridized carbons (Fsp3) is 0.421. The number of nitro benzene ring substituents is 1. The predicted molar refractivity (Wildman–Crippen MR) is 91.6 cm³/mol. The minimum atomic E-state index is -0.694. The zero-order valence-electron chi connectivity index (χ0n) is 14.4. The van der Waals surface area contributed by atoms with Crippen molar-refractivity contribution in [3.05, 3.63) is 40.5 Å². The lowest BCUT2D eigenvalue weighted by Crippen LogP contribution is -2.40. The van der Waals surface area contributed by atoms with Crippen molar-refractivity contribution in [3.63, 3.8) is 0 Å². The quantitative estimate of drug-likeness (QED) is 0.202. The van der Waals surface area contributed by atoms with Gasteiger partial charge in [-0.3, -0.25) is 24.5 Å². The van der Waals surface area contributed by atoms with Crippen LogP contribution in [0, 0.1) is 45.6 Å². The van der Waals surface area contributed by atoms with Gasteiger partial charge < -0.3 is 4.74 Å². The van der Waals surface area contributed by atoms with Crippen molar-refractivity contribution < 1.29 is 24.0 Å². The highest BCUT2D eigenvalue weighted by Crippen LogP contribution is 2.65. The maximum absolute atomic E-state index is 13.1. The number of hydrogen-bond donors (Lipinski definition) is 0. The Bertz CT molecular complexity index is 918. The van der Waals surface area contributed by atoms with Gasteiger partial charge in [0, 0.05) is 13.0 Å². The van der Waals surface area contributed by atoms with Crippen LogP contribution in [0.2, 0.25) is 0 Å². The van der Waals surface area contributed by atoms with Crippen LogP contribution in [0.1, 0.15) is 13.3 Å². The van der Waals surface area contributed by atoms with Crippen LogP contribution in [-0.2, 0) is 14.4 Å². The second-order valence-electron chi connectivity index (χ2n) is 7.67. The van der Waals surface area contributed by atoms with Gasteiger partial charge in [0.1, 0.15) is 0 Å². The van der Waals surface area contributed by atoms with Gasteiger partial charge in [0.25, 0.3) is 0 Å². The molecule has 3 fully saturated rings. The number of amides is 2. The van der Waals surface area contributed by atoms with E-state index < -0.39 is 16.6 Å². The molecule has 2 saturated carbocycles. The lowest BCUT2D eigenvalue weighted by molar-refractivity contribution is -0.385. The molecule has 1 aliphatic heterocycles. The van der Waals surface area contributed by atoms with Gasteiger partial charge >= 0.3 is 11.7 Å². The van der Waals surface area contributed by atoms with E-state index in [2.05, 4.69) is 12.2 Å². The molecule has 6 atom stereocenters. The van der Waals surface area contributed by atoms with Crippen LogP contribution in [0.3, 0.4) is 0 Å². The molecular formula is C19H16N2O6. The molecule has 0 aromatic heterocycles. The Morgan fingerprint density at radius 2 is 1.74 bits per heavy atom. The zero-order chi connectivity index (χ0) is 19.0. The summed E-state index contributed by atoms with van der Waals surface area (Å²) in [6.07, 6.45) is 5.21. The number of nitro groups is 1. The predicted octanol–water partition coefficient (Wildman–Crippen LogP) is 2.08. The Balaban J connectivity index is 1.53. The van der Waals surface area contributed by atoms with E-state index >= 15 is 0 Å². The number of ether oxygens (including phenoxy) is 1. The largest absolute Gasteiger partial charge is 0.419 e. The summed E-state index contributed by atoms with van der Waals surface area (Å²) in [5, 5.41) is 11.4. The summed E-state index contributed by atoms with van der Waals surface area (Å²) >= 11 is 0. The molecular weight excluding hydrogens is 352 g/mol. The van der Waals surface area contributed by atoms with Crippen molar-refractivity contribution in [3.8, 4) is 5.75 Å². The molecule has 4 aliphatic carbocycles. The monoisotopic (exact) mass is 368 g/mol. The summed E-state index contributed by atoms with van der Waals surface area (Å²) in [7, 11) is 0. The molecule has 0 radical (unpaired) electrons. The highest BCUT2D eigenvalue weighted by molar-refractivity contribution is 6.22. The number of carbonyl (C=O) groups is 3. The van der Waals surface area contributed by atoms with Gasteiger partial charge in [-0.05, 0) is 42.2 Å². The standard InChI is InChI=1S/C19H16N2O6/c1-8(22)27-15-5-2-9(6-14(15)21(25)26)20-18(23)16-10-3-4-11(13-7-12(10)13)17(16)19(20)24/h2-6,10-13,16-17H,7H2,1H3/t10-,11-,12-,13+,16+,17-/m1/s1. The summed E-state index contributed by atoms with van der Waals surface area (Å²) in [5.74, 6) is -1.08. The Morgan fingerprint density at radius 3 is 2.26 bits per heavy atom. The van der Waals surface area contributed by atoms with E-state index in [9.17, 15) is 24.5 Å². The van der Waals surface area contributed by atoms with Crippen LogP contribution >= 0.6 is 0 Å². The number of allylic oxidation sites excluding steroid dienone is 2. The highest BCUT2D eigenvalue weighted by atomic mass is 16.6. The van der Waals surface area contributed by atoms with Gasteiger partial charge in [0.05, 0.1) is 22.4 Å². The van der Waals surface area contributed by atoms with Gasteiger partial charge in [0.2, 0.25) is 17.6 Å². The minimum Gasteiger partial charge on any atom is -0.419 e. The Morgan fingerprint density at radius 1 is 1.15 bits per heavy atom. The second kappa shape index (κ2) is 5.25. The van der Waals surface area contributed by atoms with Crippen LogP contribution in [0.15, 0.2) is 30.4 Å². The molecule has 8 nitrogen and oxygen atoms in total. The Kier molecular flexibility index (Phi) is 3.14. The molecule has 0 N–H and O–H groups in total. The molecule has 1 saturated heterocycles. The Hall–Kier alpha value is -3.03. The molecule has 0 spiro atoms. The molecule has 1 heterocycles. The summed E-state index contributed by atoms with van der Waals surface area (Å²) < 4.78 is 4.86. The Labute approximate surface area is 153 Å². The SMILES string of the molecule is CC(=O)Oc1ccc(N2C(=O)[C@@H]3[C@@H]4C=C[C@H]([C@H]5C[C@@H]45)[C@@H]3C2=O)cc1[N+](=O)[O-]. The van der Waals surface area contributed by atoms with E-state index in [0.717, 1.165) is 24.3 Å². The van der Waals surface area contributed by atoms with Crippen molar-refractivity contribution in [2.75, 3.05) is 4.90 Å². The average Bonchev–Trinajstić information content (AvgIpc) is 3.39. The number of carbonyl (C=O) groups excluding carboxylic acids is 3. The molecule has 2 amide bonds. The fourth-order valence-electron chi connectivity index (χ4n) is 5.24. The summed E-state index contributed by atoms with van der Waals surface area (Å²) in [6.45, 7) is 1.14. The smallest absolute Gasteiger partial charge is 0.313 e. The molecule has 5 aliphatic rings. The number of anilines is 1. The average molecular weight is 368 g/mol. The van der Waals surface area contributed by atoms with Gasteiger partial charge in [-0.15, -0.1) is 0 Å². The summed E-state index contributed by atoms with van der Waals surface area (Å²) in [6, 6.07) is 3.79. The number of benzene rings is 1. The summed E-state index contributed by atoms with van der Waals surface area (Å²) in [5.41, 5.74) is -0.308. The van der Waals surface area contributed by atoms with Gasteiger partial charge in [0.15, 0.2) is 0 Å². The first-order valence-corrected chi connectivity index (χ1v) is 8.91. The van der Waals surface area contributed by atoms with Crippen molar-refractivity contribution >= 4 is 29.2 Å². The summed E-state index contributed by atoms with van der Waals surface area (Å²) in [4.78, 5) is 49.0. The molecule has 138 valence electrons. The lowest BCUT2D eigenvalue weighted by atomic mass is 9.63. The van der Waals surface area contributed by atoms with Crippen molar-refractivity contribution in [1.82, 2.24) is 0 Å². The first-order valence-electron chi connectivity index (χ1n) is 8.91. The van der Waals surface area contributed by atoms with Crippen molar-refractivity contribution in [2.45, 2.75) is 13.3 Å². The molecule has 6 rings (SSSR count). The number of hydrogen-bond acceptors (Lipinski definition) is 6. The van der Waals surface area contributed by atoms with Crippen LogP contribution in [0.5, 0.6) is 5.75 Å². The number of imide groups is 1. The molecule has 8 heteroatoms. The minimum absolute atomic E-state index is 0.0850. The van der Waals surface area contributed by atoms with Gasteiger partial charge in [-0.2, -0.15) is 0 Å². The third-order valence-electron chi connectivity index (χ3n) is 6.31. The second-order valence-corrected chi connectivity index (χ2v) is 7.67. The van der Waals surface area contributed by atoms with E-state index in [1.54, 1.807) is 0 Å². The van der Waals surface area contributed by atoms with E-state index in [4.69, 9.17) is 4.74 Å². The van der Waals surface area contributed by atoms with Crippen LogP contribution in [0.25, 0.3) is 0 Å². The first kappa shape index (κ1) is 16.2. The van der Waals surface area contributed by atoms with Crippen LogP contribution in [0.4, 0.5) is 11.4 Å².